The van der Waals surface area contributed by atoms with Crippen LogP contribution in [0.5, 0.6) is 0 Å². The molecular weight excluding hydrogens is 134 g/mol. The van der Waals surface area contributed by atoms with Gasteiger partial charge in [0.2, 0.25) is 5.82 Å². The van der Waals surface area contributed by atoms with E-state index in [0.29, 0.717) is 5.82 Å². The number of aromatic nitrogens is 3. The van der Waals surface area contributed by atoms with Crippen molar-refractivity contribution < 1.29 is 9.90 Å². The molecule has 0 aromatic carbocycles. The van der Waals surface area contributed by atoms with Crippen LogP contribution < -0.4 is 0 Å². The van der Waals surface area contributed by atoms with Crippen LogP contribution in [-0.2, 0) is 7.05 Å². The first kappa shape index (κ1) is 6.73. The molecule has 10 heavy (non-hydrogen) atoms. The van der Waals surface area contributed by atoms with E-state index < -0.39 is 5.97 Å². The molecule has 1 N–H and O–H groups in total. The van der Waals surface area contributed by atoms with Crippen molar-refractivity contribution in [3.05, 3.63) is 11.6 Å². The Kier molecular flexibility index (Phi) is 1.41. The van der Waals surface area contributed by atoms with Gasteiger partial charge in [-0.15, -0.1) is 0 Å². The minimum absolute atomic E-state index is 0.0301. The first-order valence-corrected chi connectivity index (χ1v) is 2.72. The van der Waals surface area contributed by atoms with Crippen molar-refractivity contribution >= 4 is 5.97 Å². The van der Waals surface area contributed by atoms with Crippen LogP contribution in [0.1, 0.15) is 16.4 Å². The van der Waals surface area contributed by atoms with Crippen LogP contribution in [0.3, 0.4) is 0 Å². The molecular formula is C5H7N3O2. The summed E-state index contributed by atoms with van der Waals surface area (Å²) in [6, 6.07) is 0. The molecule has 54 valence electrons. The molecule has 0 bridgehead atoms. The summed E-state index contributed by atoms with van der Waals surface area (Å²) in [6.07, 6.45) is 0. The molecule has 0 aliphatic rings. The molecule has 1 rings (SSSR count). The van der Waals surface area contributed by atoms with E-state index in [2.05, 4.69) is 10.1 Å². The van der Waals surface area contributed by atoms with Crippen molar-refractivity contribution in [3.63, 3.8) is 0 Å². The minimum atomic E-state index is -1.05. The fourth-order valence-electron chi connectivity index (χ4n) is 0.699. The molecule has 0 unspecified atom stereocenters. The predicted molar refractivity (Wildman–Crippen MR) is 32.7 cm³/mol. The van der Waals surface area contributed by atoms with E-state index in [1.165, 1.54) is 4.68 Å². The second kappa shape index (κ2) is 2.09. The molecule has 0 atom stereocenters. The fraction of sp³-hybridized carbons (Fsp3) is 0.400. The van der Waals surface area contributed by atoms with Crippen molar-refractivity contribution in [1.82, 2.24) is 14.8 Å². The highest BCUT2D eigenvalue weighted by atomic mass is 16.4. The third-order valence-electron chi connectivity index (χ3n) is 1.06. The lowest BCUT2D eigenvalue weighted by Gasteiger charge is -1.88. The Hall–Kier alpha value is -1.39. The van der Waals surface area contributed by atoms with E-state index in [-0.39, 0.29) is 5.82 Å². The largest absolute Gasteiger partial charge is 0.475 e. The third kappa shape index (κ3) is 0.975. The quantitative estimate of drug-likeness (QED) is 0.589. The van der Waals surface area contributed by atoms with E-state index in [1.54, 1.807) is 14.0 Å². The molecule has 5 nitrogen and oxygen atoms in total. The number of carbonyl (C=O) groups is 1. The third-order valence-corrected chi connectivity index (χ3v) is 1.06. The number of carboxylic acid groups (broad SMARTS) is 1. The zero-order valence-electron chi connectivity index (χ0n) is 5.70. The molecule has 0 aliphatic carbocycles. The fourth-order valence-corrected chi connectivity index (χ4v) is 0.699. The smallest absolute Gasteiger partial charge is 0.373 e. The Bertz CT molecular complexity index is 266. The van der Waals surface area contributed by atoms with Crippen LogP contribution in [0.2, 0.25) is 0 Å². The number of hydrogen-bond acceptors (Lipinski definition) is 3. The summed E-state index contributed by atoms with van der Waals surface area (Å²) in [5.41, 5.74) is 0. The Labute approximate surface area is 57.3 Å². The second-order valence-electron chi connectivity index (χ2n) is 1.91. The molecule has 5 heteroatoms. The highest BCUT2D eigenvalue weighted by Crippen LogP contribution is 1.93. The van der Waals surface area contributed by atoms with Gasteiger partial charge in [0.1, 0.15) is 5.82 Å². The first-order chi connectivity index (χ1) is 4.61. The van der Waals surface area contributed by atoms with E-state index in [1.807, 2.05) is 0 Å². The summed E-state index contributed by atoms with van der Waals surface area (Å²) in [5.74, 6) is -0.611. The van der Waals surface area contributed by atoms with E-state index in [0.717, 1.165) is 0 Å². The Morgan fingerprint density at radius 3 is 2.50 bits per heavy atom. The Balaban J connectivity index is 3.15. The molecule has 0 aliphatic heterocycles. The normalized spacial score (nSPS) is 9.80. The molecule has 1 heterocycles. The van der Waals surface area contributed by atoms with Gasteiger partial charge in [0.15, 0.2) is 0 Å². The molecule has 0 fully saturated rings. The summed E-state index contributed by atoms with van der Waals surface area (Å²) < 4.78 is 1.23. The summed E-state index contributed by atoms with van der Waals surface area (Å²) in [5, 5.41) is 12.2. The SMILES string of the molecule is Cc1nc(C(=O)O)n(C)n1. The lowest BCUT2D eigenvalue weighted by molar-refractivity contribution is 0.0678. The maximum Gasteiger partial charge on any atom is 0.373 e. The van der Waals surface area contributed by atoms with Gasteiger partial charge < -0.3 is 5.11 Å². The van der Waals surface area contributed by atoms with Crippen molar-refractivity contribution in [1.29, 1.82) is 0 Å². The number of rotatable bonds is 1. The van der Waals surface area contributed by atoms with Crippen molar-refractivity contribution in [2.75, 3.05) is 0 Å². The van der Waals surface area contributed by atoms with E-state index >= 15 is 0 Å². The van der Waals surface area contributed by atoms with Crippen LogP contribution in [-0.4, -0.2) is 25.8 Å². The minimum Gasteiger partial charge on any atom is -0.475 e. The van der Waals surface area contributed by atoms with Gasteiger partial charge in [0, 0.05) is 7.05 Å². The number of aryl methyl sites for hydroxylation is 2. The summed E-state index contributed by atoms with van der Waals surface area (Å²) in [7, 11) is 1.55. The summed E-state index contributed by atoms with van der Waals surface area (Å²) in [6.45, 7) is 1.65. The number of nitrogens with zero attached hydrogens (tertiary/aromatic N) is 3. The monoisotopic (exact) mass is 141 g/mol. The highest BCUT2D eigenvalue weighted by Gasteiger charge is 2.10. The van der Waals surface area contributed by atoms with Gasteiger partial charge in [-0.1, -0.05) is 0 Å². The lowest BCUT2D eigenvalue weighted by Crippen LogP contribution is -2.06. The van der Waals surface area contributed by atoms with Crippen molar-refractivity contribution in [2.45, 2.75) is 6.92 Å². The van der Waals surface area contributed by atoms with Gasteiger partial charge >= 0.3 is 5.97 Å². The van der Waals surface area contributed by atoms with E-state index in [4.69, 9.17) is 5.11 Å². The standard InChI is InChI=1S/C5H7N3O2/c1-3-6-4(5(9)10)8(2)7-3/h1-2H3,(H,9,10). The summed E-state index contributed by atoms with van der Waals surface area (Å²) >= 11 is 0. The van der Waals surface area contributed by atoms with Gasteiger partial charge in [-0.3, -0.25) is 0 Å². The first-order valence-electron chi connectivity index (χ1n) is 2.72. The predicted octanol–water partition coefficient (Wildman–Crippen LogP) is -0.178. The topological polar surface area (TPSA) is 68.0 Å². The van der Waals surface area contributed by atoms with Crippen LogP contribution in [0.25, 0.3) is 0 Å². The molecule has 0 spiro atoms. The number of aromatic carboxylic acids is 1. The van der Waals surface area contributed by atoms with Gasteiger partial charge in [-0.2, -0.15) is 5.10 Å². The van der Waals surface area contributed by atoms with Gasteiger partial charge in [-0.25, -0.2) is 14.5 Å². The zero-order valence-corrected chi connectivity index (χ0v) is 5.70. The van der Waals surface area contributed by atoms with Crippen LogP contribution >= 0.6 is 0 Å². The van der Waals surface area contributed by atoms with Gasteiger partial charge in [0.25, 0.3) is 0 Å². The lowest BCUT2D eigenvalue weighted by atomic mass is 10.6. The Morgan fingerprint density at radius 2 is 2.30 bits per heavy atom. The molecule has 0 radical (unpaired) electrons. The Morgan fingerprint density at radius 1 is 1.70 bits per heavy atom. The molecule has 0 saturated carbocycles. The van der Waals surface area contributed by atoms with Crippen molar-refractivity contribution in [2.24, 2.45) is 7.05 Å². The number of hydrogen-bond donors (Lipinski definition) is 1. The van der Waals surface area contributed by atoms with Gasteiger partial charge in [-0.05, 0) is 6.92 Å². The maximum absolute atomic E-state index is 10.3. The molecule has 0 amide bonds. The van der Waals surface area contributed by atoms with Crippen LogP contribution in [0, 0.1) is 6.92 Å². The zero-order chi connectivity index (χ0) is 7.72. The second-order valence-corrected chi connectivity index (χ2v) is 1.91. The molecule has 1 aromatic rings. The van der Waals surface area contributed by atoms with Crippen molar-refractivity contribution in [3.8, 4) is 0 Å². The highest BCUT2D eigenvalue weighted by molar-refractivity contribution is 5.83. The number of carboxylic acids is 1. The van der Waals surface area contributed by atoms with Gasteiger partial charge in [0.05, 0.1) is 0 Å². The average Bonchev–Trinajstić information content (AvgIpc) is 2.10. The van der Waals surface area contributed by atoms with Crippen LogP contribution in [0.4, 0.5) is 0 Å². The van der Waals surface area contributed by atoms with E-state index in [9.17, 15) is 4.79 Å². The molecule has 1 aromatic heterocycles. The summed E-state index contributed by atoms with van der Waals surface area (Å²) in [4.78, 5) is 14.0. The average molecular weight is 141 g/mol. The maximum atomic E-state index is 10.3. The van der Waals surface area contributed by atoms with Crippen LogP contribution in [0.15, 0.2) is 0 Å². The molecule has 0 saturated heterocycles.